The Morgan fingerprint density at radius 2 is 2.00 bits per heavy atom. The third-order valence-electron chi connectivity index (χ3n) is 3.02. The maximum atomic E-state index is 12.3. The van der Waals surface area contributed by atoms with Crippen molar-refractivity contribution in [1.29, 1.82) is 0 Å². The van der Waals surface area contributed by atoms with Crippen molar-refractivity contribution in [1.82, 2.24) is 4.72 Å². The third kappa shape index (κ3) is 5.18. The van der Waals surface area contributed by atoms with Gasteiger partial charge in [0.2, 0.25) is 10.0 Å². The van der Waals surface area contributed by atoms with Crippen LogP contribution in [0.15, 0.2) is 17.0 Å². The highest BCUT2D eigenvalue weighted by molar-refractivity contribution is 7.89. The van der Waals surface area contributed by atoms with Gasteiger partial charge in [0, 0.05) is 18.8 Å². The van der Waals surface area contributed by atoms with Crippen LogP contribution in [0.4, 0.5) is 5.69 Å². The highest BCUT2D eigenvalue weighted by Gasteiger charge is 2.20. The number of aryl methyl sites for hydroxylation is 1. The molecule has 7 heteroatoms. The standard InChI is InChI=1S/C14H24N2O4S/c1-4-5-7-20-8-6-16-21(17,18)14-10-12(15)11(2)9-13(14)19-3/h9-10,16H,4-8,15H2,1-3H3. The minimum Gasteiger partial charge on any atom is -0.495 e. The Kier molecular flexibility index (Phi) is 6.94. The van der Waals surface area contributed by atoms with Crippen LogP contribution in [-0.4, -0.2) is 35.3 Å². The van der Waals surface area contributed by atoms with E-state index in [4.69, 9.17) is 15.2 Å². The van der Waals surface area contributed by atoms with E-state index in [1.54, 1.807) is 13.0 Å². The van der Waals surface area contributed by atoms with Crippen LogP contribution in [0.2, 0.25) is 0 Å². The number of nitrogens with one attached hydrogen (secondary N) is 1. The minimum absolute atomic E-state index is 0.0432. The topological polar surface area (TPSA) is 90.7 Å². The molecule has 0 radical (unpaired) electrons. The summed E-state index contributed by atoms with van der Waals surface area (Å²) in [4.78, 5) is 0.0432. The fraction of sp³-hybridized carbons (Fsp3) is 0.571. The van der Waals surface area contributed by atoms with E-state index in [2.05, 4.69) is 11.6 Å². The molecular weight excluding hydrogens is 292 g/mol. The van der Waals surface area contributed by atoms with Crippen molar-refractivity contribution in [3.8, 4) is 5.75 Å². The van der Waals surface area contributed by atoms with Crippen molar-refractivity contribution in [2.75, 3.05) is 32.6 Å². The second-order valence-electron chi connectivity index (χ2n) is 4.72. The SMILES string of the molecule is CCCCOCCNS(=O)(=O)c1cc(N)c(C)cc1OC. The third-order valence-corrected chi connectivity index (χ3v) is 4.50. The molecule has 0 fully saturated rings. The first-order valence-corrected chi connectivity index (χ1v) is 8.42. The molecule has 1 aromatic rings. The Morgan fingerprint density at radius 1 is 1.29 bits per heavy atom. The van der Waals surface area contributed by atoms with Crippen LogP contribution in [0.3, 0.4) is 0 Å². The Balaban J connectivity index is 2.72. The Morgan fingerprint density at radius 3 is 2.62 bits per heavy atom. The predicted molar refractivity (Wildman–Crippen MR) is 83.1 cm³/mol. The van der Waals surface area contributed by atoms with Gasteiger partial charge < -0.3 is 15.2 Å². The molecule has 21 heavy (non-hydrogen) atoms. The lowest BCUT2D eigenvalue weighted by atomic mass is 10.2. The van der Waals surface area contributed by atoms with Crippen LogP contribution in [-0.2, 0) is 14.8 Å². The average Bonchev–Trinajstić information content (AvgIpc) is 2.45. The molecular formula is C14H24N2O4S. The van der Waals surface area contributed by atoms with Crippen molar-refractivity contribution < 1.29 is 17.9 Å². The summed E-state index contributed by atoms with van der Waals surface area (Å²) < 4.78 is 37.5. The number of sulfonamides is 1. The summed E-state index contributed by atoms with van der Waals surface area (Å²) in [6.07, 6.45) is 2.01. The van der Waals surface area contributed by atoms with Crippen LogP contribution in [0.5, 0.6) is 5.75 Å². The molecule has 6 nitrogen and oxygen atoms in total. The van der Waals surface area contributed by atoms with Crippen LogP contribution in [0.1, 0.15) is 25.3 Å². The molecule has 0 bridgehead atoms. The molecule has 0 saturated carbocycles. The summed E-state index contributed by atoms with van der Waals surface area (Å²) in [7, 11) is -2.24. The number of unbranched alkanes of at least 4 members (excludes halogenated alkanes) is 1. The average molecular weight is 316 g/mol. The Bertz CT molecular complexity index is 558. The molecule has 0 amide bonds. The molecule has 1 rings (SSSR count). The maximum Gasteiger partial charge on any atom is 0.244 e. The molecule has 0 unspecified atom stereocenters. The van der Waals surface area contributed by atoms with Gasteiger partial charge in [0.15, 0.2) is 0 Å². The highest BCUT2D eigenvalue weighted by Crippen LogP contribution is 2.28. The first-order chi connectivity index (χ1) is 9.92. The van der Waals surface area contributed by atoms with E-state index in [0.29, 0.717) is 18.9 Å². The van der Waals surface area contributed by atoms with Gasteiger partial charge in [-0.15, -0.1) is 0 Å². The van der Waals surface area contributed by atoms with Gasteiger partial charge in [-0.1, -0.05) is 13.3 Å². The van der Waals surface area contributed by atoms with Crippen molar-refractivity contribution in [2.45, 2.75) is 31.6 Å². The first-order valence-electron chi connectivity index (χ1n) is 6.94. The first kappa shape index (κ1) is 17.7. The quantitative estimate of drug-likeness (QED) is 0.534. The van der Waals surface area contributed by atoms with E-state index in [-0.39, 0.29) is 17.2 Å². The van der Waals surface area contributed by atoms with Gasteiger partial charge in [0.05, 0.1) is 13.7 Å². The number of benzene rings is 1. The number of nitrogens with two attached hydrogens (primary N) is 1. The molecule has 0 aromatic heterocycles. The number of anilines is 1. The largest absolute Gasteiger partial charge is 0.495 e. The van der Waals surface area contributed by atoms with Gasteiger partial charge >= 0.3 is 0 Å². The van der Waals surface area contributed by atoms with Crippen molar-refractivity contribution >= 4 is 15.7 Å². The van der Waals surface area contributed by atoms with Crippen LogP contribution >= 0.6 is 0 Å². The van der Waals surface area contributed by atoms with E-state index in [1.165, 1.54) is 13.2 Å². The molecule has 0 atom stereocenters. The summed E-state index contributed by atoms with van der Waals surface area (Å²) in [5.74, 6) is 0.279. The molecule has 3 N–H and O–H groups in total. The monoisotopic (exact) mass is 316 g/mol. The summed E-state index contributed by atoms with van der Waals surface area (Å²) in [6, 6.07) is 3.02. The Hall–Kier alpha value is -1.31. The smallest absolute Gasteiger partial charge is 0.244 e. The highest BCUT2D eigenvalue weighted by atomic mass is 32.2. The molecule has 0 aliphatic carbocycles. The normalized spacial score (nSPS) is 11.6. The molecule has 0 saturated heterocycles. The van der Waals surface area contributed by atoms with Crippen molar-refractivity contribution in [3.05, 3.63) is 17.7 Å². The fourth-order valence-corrected chi connectivity index (χ4v) is 2.92. The lowest BCUT2D eigenvalue weighted by Gasteiger charge is -2.13. The Labute approximate surface area is 126 Å². The van der Waals surface area contributed by atoms with Gasteiger partial charge in [0.1, 0.15) is 10.6 Å². The zero-order valence-corrected chi connectivity index (χ0v) is 13.6. The maximum absolute atomic E-state index is 12.3. The zero-order chi connectivity index (χ0) is 15.9. The second-order valence-corrected chi connectivity index (χ2v) is 6.46. The number of methoxy groups -OCH3 is 1. The molecule has 0 aliphatic heterocycles. The lowest BCUT2D eigenvalue weighted by Crippen LogP contribution is -2.28. The molecule has 0 aliphatic rings. The summed E-state index contributed by atoms with van der Waals surface area (Å²) in [5.41, 5.74) is 6.96. The lowest BCUT2D eigenvalue weighted by molar-refractivity contribution is 0.136. The number of nitrogen functional groups attached to an aromatic ring is 1. The predicted octanol–water partition coefficient (Wildman–Crippen LogP) is 1.68. The number of ether oxygens (including phenoxy) is 2. The molecule has 0 spiro atoms. The van der Waals surface area contributed by atoms with Crippen molar-refractivity contribution in [3.63, 3.8) is 0 Å². The van der Waals surface area contributed by atoms with E-state index in [1.807, 2.05) is 0 Å². The molecule has 1 aromatic carbocycles. The van der Waals surface area contributed by atoms with Gasteiger partial charge in [-0.3, -0.25) is 0 Å². The number of hydrogen-bond acceptors (Lipinski definition) is 5. The van der Waals surface area contributed by atoms with Gasteiger partial charge in [-0.25, -0.2) is 13.1 Å². The summed E-state index contributed by atoms with van der Waals surface area (Å²) in [5, 5.41) is 0. The zero-order valence-electron chi connectivity index (χ0n) is 12.8. The van der Waals surface area contributed by atoms with Gasteiger partial charge in [0.25, 0.3) is 0 Å². The fourth-order valence-electron chi connectivity index (χ4n) is 1.72. The van der Waals surface area contributed by atoms with E-state index >= 15 is 0 Å². The van der Waals surface area contributed by atoms with E-state index < -0.39 is 10.0 Å². The second kappa shape index (κ2) is 8.21. The van der Waals surface area contributed by atoms with Gasteiger partial charge in [-0.2, -0.15) is 0 Å². The van der Waals surface area contributed by atoms with Gasteiger partial charge in [-0.05, 0) is 31.0 Å². The van der Waals surface area contributed by atoms with E-state index in [9.17, 15) is 8.42 Å². The summed E-state index contributed by atoms with van der Waals surface area (Å²) in [6.45, 7) is 5.05. The molecule has 0 heterocycles. The van der Waals surface area contributed by atoms with Crippen LogP contribution in [0, 0.1) is 6.92 Å². The summed E-state index contributed by atoms with van der Waals surface area (Å²) >= 11 is 0. The van der Waals surface area contributed by atoms with Crippen LogP contribution < -0.4 is 15.2 Å². The number of rotatable bonds is 9. The van der Waals surface area contributed by atoms with Crippen LogP contribution in [0.25, 0.3) is 0 Å². The number of hydrogen-bond donors (Lipinski definition) is 2. The molecule has 120 valence electrons. The minimum atomic E-state index is -3.67. The van der Waals surface area contributed by atoms with Crippen molar-refractivity contribution in [2.24, 2.45) is 0 Å². The van der Waals surface area contributed by atoms with E-state index in [0.717, 1.165) is 18.4 Å².